The van der Waals surface area contributed by atoms with Crippen LogP contribution in [0.2, 0.25) is 0 Å². The summed E-state index contributed by atoms with van der Waals surface area (Å²) in [6, 6.07) is 26.3. The summed E-state index contributed by atoms with van der Waals surface area (Å²) in [5, 5.41) is 5.59. The molecule has 0 spiro atoms. The van der Waals surface area contributed by atoms with Gasteiger partial charge in [-0.1, -0.05) is 60.7 Å². The molecule has 0 heterocycles. The van der Waals surface area contributed by atoms with E-state index in [9.17, 15) is 14.4 Å². The number of hydrogen-bond acceptors (Lipinski definition) is 3. The molecular formula is C27H29N3O3. The Hall–Kier alpha value is -3.93. The van der Waals surface area contributed by atoms with Crippen molar-refractivity contribution in [2.45, 2.75) is 26.2 Å². The first-order valence-corrected chi connectivity index (χ1v) is 11.1. The molecule has 0 aliphatic heterocycles. The van der Waals surface area contributed by atoms with Crippen molar-refractivity contribution in [3.05, 3.63) is 96.1 Å². The van der Waals surface area contributed by atoms with E-state index >= 15 is 0 Å². The largest absolute Gasteiger partial charge is 0.355 e. The maximum Gasteiger partial charge on any atom is 0.231 e. The lowest BCUT2D eigenvalue weighted by molar-refractivity contribution is -0.121. The average molecular weight is 444 g/mol. The summed E-state index contributed by atoms with van der Waals surface area (Å²) < 4.78 is 0. The van der Waals surface area contributed by atoms with Gasteiger partial charge in [0.15, 0.2) is 0 Å². The van der Waals surface area contributed by atoms with Crippen molar-refractivity contribution in [2.24, 2.45) is 0 Å². The van der Waals surface area contributed by atoms with Gasteiger partial charge in [0.05, 0.1) is 12.8 Å². The maximum absolute atomic E-state index is 12.7. The summed E-state index contributed by atoms with van der Waals surface area (Å²) in [5.41, 5.74) is 3.34. The van der Waals surface area contributed by atoms with Crippen LogP contribution in [0.15, 0.2) is 84.9 Å². The Morgan fingerprint density at radius 1 is 0.727 bits per heavy atom. The molecule has 3 aromatic carbocycles. The van der Waals surface area contributed by atoms with Crippen LogP contribution in [-0.2, 0) is 27.2 Å². The van der Waals surface area contributed by atoms with E-state index in [2.05, 4.69) is 10.6 Å². The van der Waals surface area contributed by atoms with Gasteiger partial charge in [0.1, 0.15) is 0 Å². The van der Waals surface area contributed by atoms with Crippen LogP contribution in [-0.4, -0.2) is 30.8 Å². The van der Waals surface area contributed by atoms with Crippen LogP contribution < -0.4 is 15.5 Å². The third-order valence-corrected chi connectivity index (χ3v) is 5.16. The van der Waals surface area contributed by atoms with E-state index in [1.807, 2.05) is 79.7 Å². The van der Waals surface area contributed by atoms with Gasteiger partial charge < -0.3 is 15.5 Å². The number of nitrogens with zero attached hydrogens (tertiary/aromatic N) is 1. The molecule has 170 valence electrons. The highest BCUT2D eigenvalue weighted by Crippen LogP contribution is 2.16. The van der Waals surface area contributed by atoms with Crippen LogP contribution in [0, 0.1) is 0 Å². The van der Waals surface area contributed by atoms with Gasteiger partial charge in [0.2, 0.25) is 17.7 Å². The van der Waals surface area contributed by atoms with Gasteiger partial charge in [0, 0.05) is 30.9 Å². The van der Waals surface area contributed by atoms with Crippen LogP contribution in [0.5, 0.6) is 0 Å². The van der Waals surface area contributed by atoms with E-state index in [0.717, 1.165) is 16.8 Å². The topological polar surface area (TPSA) is 78.5 Å². The Morgan fingerprint density at radius 3 is 1.97 bits per heavy atom. The van der Waals surface area contributed by atoms with E-state index in [1.54, 1.807) is 17.0 Å². The first-order valence-electron chi connectivity index (χ1n) is 11.1. The SMILES string of the molecule is CCN(C(=O)Cc1ccc(NC(=O)CCNC(=O)Cc2ccccc2)cc1)c1ccccc1. The highest BCUT2D eigenvalue weighted by atomic mass is 16.2. The third kappa shape index (κ3) is 7.61. The van der Waals surface area contributed by atoms with Crippen LogP contribution in [0.1, 0.15) is 24.5 Å². The lowest BCUT2D eigenvalue weighted by Crippen LogP contribution is -2.31. The number of para-hydroxylation sites is 1. The number of likely N-dealkylation sites (N-methyl/N-ethyl adjacent to an activating group) is 1. The predicted molar refractivity (Wildman–Crippen MR) is 131 cm³/mol. The number of hydrogen-bond donors (Lipinski definition) is 2. The van der Waals surface area contributed by atoms with Gasteiger partial charge >= 0.3 is 0 Å². The highest BCUT2D eigenvalue weighted by molar-refractivity contribution is 5.95. The van der Waals surface area contributed by atoms with E-state index in [4.69, 9.17) is 0 Å². The maximum atomic E-state index is 12.7. The number of benzene rings is 3. The van der Waals surface area contributed by atoms with Crippen molar-refractivity contribution in [3.63, 3.8) is 0 Å². The molecule has 0 aliphatic carbocycles. The van der Waals surface area contributed by atoms with Gasteiger partial charge in [-0.3, -0.25) is 14.4 Å². The number of rotatable bonds is 10. The fourth-order valence-corrected chi connectivity index (χ4v) is 3.47. The van der Waals surface area contributed by atoms with Crippen molar-refractivity contribution >= 4 is 29.1 Å². The number of carbonyl (C=O) groups is 3. The van der Waals surface area contributed by atoms with Gasteiger partial charge in [0.25, 0.3) is 0 Å². The first-order chi connectivity index (χ1) is 16.0. The van der Waals surface area contributed by atoms with Crippen molar-refractivity contribution in [1.29, 1.82) is 0 Å². The van der Waals surface area contributed by atoms with Gasteiger partial charge in [-0.2, -0.15) is 0 Å². The number of anilines is 2. The summed E-state index contributed by atoms with van der Waals surface area (Å²) in [7, 11) is 0. The zero-order valence-corrected chi connectivity index (χ0v) is 18.8. The lowest BCUT2D eigenvalue weighted by atomic mass is 10.1. The summed E-state index contributed by atoms with van der Waals surface area (Å²) >= 11 is 0. The first kappa shape index (κ1) is 23.7. The average Bonchev–Trinajstić information content (AvgIpc) is 2.82. The molecule has 0 fully saturated rings. The standard InChI is InChI=1S/C27H29N3O3/c1-2-30(24-11-7-4-8-12-24)27(33)20-22-13-15-23(16-14-22)29-25(31)17-18-28-26(32)19-21-9-5-3-6-10-21/h3-16H,2,17-20H2,1H3,(H,28,32)(H,29,31). The second-order valence-electron chi connectivity index (χ2n) is 7.66. The minimum atomic E-state index is -0.180. The summed E-state index contributed by atoms with van der Waals surface area (Å²) in [6.07, 6.45) is 0.760. The zero-order valence-electron chi connectivity index (χ0n) is 18.8. The van der Waals surface area contributed by atoms with Gasteiger partial charge in [-0.15, -0.1) is 0 Å². The van der Waals surface area contributed by atoms with Crippen molar-refractivity contribution in [3.8, 4) is 0 Å². The molecule has 6 heteroatoms. The van der Waals surface area contributed by atoms with E-state index in [1.165, 1.54) is 0 Å². The van der Waals surface area contributed by atoms with E-state index in [0.29, 0.717) is 18.7 Å². The van der Waals surface area contributed by atoms with Crippen LogP contribution in [0.4, 0.5) is 11.4 Å². The summed E-state index contributed by atoms with van der Waals surface area (Å²) in [4.78, 5) is 38.6. The van der Waals surface area contributed by atoms with Crippen molar-refractivity contribution in [1.82, 2.24) is 5.32 Å². The molecule has 0 bridgehead atoms. The van der Waals surface area contributed by atoms with Gasteiger partial charge in [-0.25, -0.2) is 0 Å². The molecule has 2 N–H and O–H groups in total. The molecule has 0 aliphatic rings. The smallest absolute Gasteiger partial charge is 0.231 e. The molecule has 33 heavy (non-hydrogen) atoms. The molecule has 3 aromatic rings. The van der Waals surface area contributed by atoms with Crippen molar-refractivity contribution < 1.29 is 14.4 Å². The number of amides is 3. The molecular weight excluding hydrogens is 414 g/mol. The highest BCUT2D eigenvalue weighted by Gasteiger charge is 2.14. The van der Waals surface area contributed by atoms with Gasteiger partial charge in [-0.05, 0) is 42.3 Å². The fourth-order valence-electron chi connectivity index (χ4n) is 3.47. The molecule has 0 aromatic heterocycles. The number of nitrogens with one attached hydrogen (secondary N) is 2. The van der Waals surface area contributed by atoms with Crippen LogP contribution >= 0.6 is 0 Å². The zero-order chi connectivity index (χ0) is 23.5. The third-order valence-electron chi connectivity index (χ3n) is 5.16. The summed E-state index contributed by atoms with van der Waals surface area (Å²) in [5.74, 6) is -0.272. The second-order valence-corrected chi connectivity index (χ2v) is 7.66. The van der Waals surface area contributed by atoms with E-state index in [-0.39, 0.29) is 37.1 Å². The Balaban J connectivity index is 1.42. The van der Waals surface area contributed by atoms with Crippen LogP contribution in [0.25, 0.3) is 0 Å². The van der Waals surface area contributed by atoms with Crippen molar-refractivity contribution in [2.75, 3.05) is 23.3 Å². The number of carbonyl (C=O) groups excluding carboxylic acids is 3. The second kappa shape index (κ2) is 12.2. The Kier molecular flexibility index (Phi) is 8.77. The molecule has 0 saturated heterocycles. The van der Waals surface area contributed by atoms with Crippen LogP contribution in [0.3, 0.4) is 0 Å². The summed E-state index contributed by atoms with van der Waals surface area (Å²) in [6.45, 7) is 2.82. The normalized spacial score (nSPS) is 10.3. The molecule has 0 atom stereocenters. The predicted octanol–water partition coefficient (Wildman–Crippen LogP) is 3.97. The molecule has 3 rings (SSSR count). The quantitative estimate of drug-likeness (QED) is 0.498. The minimum Gasteiger partial charge on any atom is -0.355 e. The Morgan fingerprint density at radius 2 is 1.33 bits per heavy atom. The fraction of sp³-hybridized carbons (Fsp3) is 0.222. The minimum absolute atomic E-state index is 0.0201. The molecule has 0 radical (unpaired) electrons. The molecule has 6 nitrogen and oxygen atoms in total. The molecule has 0 saturated carbocycles. The Bertz CT molecular complexity index is 1050. The monoisotopic (exact) mass is 443 g/mol. The lowest BCUT2D eigenvalue weighted by Gasteiger charge is -2.21. The van der Waals surface area contributed by atoms with E-state index < -0.39 is 0 Å². The Labute approximate surface area is 194 Å². The molecule has 3 amide bonds. The molecule has 0 unspecified atom stereocenters.